The minimum atomic E-state index is 0.554. The average molecular weight is 340 g/mol. The molecule has 2 aliphatic heterocycles. The van der Waals surface area contributed by atoms with E-state index in [1.54, 1.807) is 0 Å². The molecule has 24 heavy (non-hydrogen) atoms. The monoisotopic (exact) mass is 339 g/mol. The van der Waals surface area contributed by atoms with E-state index < -0.39 is 0 Å². The fourth-order valence-electron chi connectivity index (χ4n) is 5.29. The van der Waals surface area contributed by atoms with E-state index in [0.717, 1.165) is 36.9 Å². The highest BCUT2D eigenvalue weighted by molar-refractivity contribution is 4.89. The lowest BCUT2D eigenvalue weighted by Crippen LogP contribution is -2.43. The molecule has 0 aromatic heterocycles. The third kappa shape index (κ3) is 4.97. The molecule has 0 atom stereocenters. The Hall–Kier alpha value is -0.0800. The second kappa shape index (κ2) is 9.57. The molecular weight excluding hydrogens is 294 g/mol. The van der Waals surface area contributed by atoms with Crippen LogP contribution in [0, 0.1) is 34.5 Å². The lowest BCUT2D eigenvalue weighted by molar-refractivity contribution is -0.0381. The van der Waals surface area contributed by atoms with E-state index >= 15 is 0 Å². The highest BCUT2D eigenvalue weighted by atomic mass is 16.5. The molecule has 2 fully saturated rings. The van der Waals surface area contributed by atoms with Gasteiger partial charge in [-0.25, -0.2) is 0 Å². The maximum atomic E-state index is 5.43. The fraction of sp³-hybridized carbons (Fsp3) is 1.00. The van der Waals surface area contributed by atoms with Gasteiger partial charge in [0.1, 0.15) is 0 Å². The average Bonchev–Trinajstić information content (AvgIpc) is 2.56. The molecule has 1 N–H and O–H groups in total. The Morgan fingerprint density at radius 3 is 1.17 bits per heavy atom. The number of hydrogen-bond acceptors (Lipinski definition) is 2. The van der Waals surface area contributed by atoms with Crippen molar-refractivity contribution in [2.24, 2.45) is 34.5 Å². The summed E-state index contributed by atoms with van der Waals surface area (Å²) >= 11 is 0. The SMILES string of the molecule is CC(C)C1(C(C)C)CCNCC1.CC(C)C1(C(C)C)CCOCC1. The number of hydrogen-bond donors (Lipinski definition) is 1. The minimum Gasteiger partial charge on any atom is -0.381 e. The Morgan fingerprint density at radius 1 is 0.583 bits per heavy atom. The molecule has 2 heterocycles. The first-order chi connectivity index (χ1) is 11.2. The van der Waals surface area contributed by atoms with Crippen LogP contribution in [0.2, 0.25) is 0 Å². The predicted octanol–water partition coefficient (Wildman–Crippen LogP) is 5.76. The topological polar surface area (TPSA) is 21.3 Å². The van der Waals surface area contributed by atoms with Crippen LogP contribution >= 0.6 is 0 Å². The normalized spacial score (nSPS) is 23.5. The molecule has 0 aromatic rings. The molecule has 0 unspecified atom stereocenters. The van der Waals surface area contributed by atoms with Crippen LogP contribution in [0.3, 0.4) is 0 Å². The molecule has 2 rings (SSSR count). The quantitative estimate of drug-likeness (QED) is 0.702. The van der Waals surface area contributed by atoms with Crippen molar-refractivity contribution in [1.82, 2.24) is 5.32 Å². The number of ether oxygens (including phenoxy) is 1. The van der Waals surface area contributed by atoms with Crippen molar-refractivity contribution < 1.29 is 4.74 Å². The molecule has 0 bridgehead atoms. The van der Waals surface area contributed by atoms with Gasteiger partial charge in [0.25, 0.3) is 0 Å². The molecule has 0 saturated carbocycles. The van der Waals surface area contributed by atoms with E-state index in [1.807, 2.05) is 0 Å². The van der Waals surface area contributed by atoms with Crippen LogP contribution in [0.1, 0.15) is 81.1 Å². The Bertz CT molecular complexity index is 280. The Balaban J connectivity index is 0.000000240. The number of piperidine rings is 1. The van der Waals surface area contributed by atoms with Crippen LogP contribution in [-0.4, -0.2) is 26.3 Å². The summed E-state index contributed by atoms with van der Waals surface area (Å²) in [6.07, 6.45) is 5.23. The van der Waals surface area contributed by atoms with Gasteiger partial charge < -0.3 is 10.1 Å². The molecule has 0 aromatic carbocycles. The molecule has 0 spiro atoms. The summed E-state index contributed by atoms with van der Waals surface area (Å²) in [5.41, 5.74) is 1.17. The largest absolute Gasteiger partial charge is 0.381 e. The maximum Gasteiger partial charge on any atom is 0.0471 e. The van der Waals surface area contributed by atoms with Crippen LogP contribution in [0.5, 0.6) is 0 Å². The van der Waals surface area contributed by atoms with Gasteiger partial charge in [0.15, 0.2) is 0 Å². The molecule has 2 nitrogen and oxygen atoms in total. The molecular formula is C22H45NO. The summed E-state index contributed by atoms with van der Waals surface area (Å²) in [4.78, 5) is 0. The zero-order valence-electron chi connectivity index (χ0n) is 17.9. The van der Waals surface area contributed by atoms with Crippen LogP contribution in [-0.2, 0) is 4.74 Å². The fourth-order valence-corrected chi connectivity index (χ4v) is 5.29. The molecule has 144 valence electrons. The first-order valence-corrected chi connectivity index (χ1v) is 10.5. The van der Waals surface area contributed by atoms with Crippen molar-refractivity contribution in [2.75, 3.05) is 26.3 Å². The van der Waals surface area contributed by atoms with E-state index in [2.05, 4.69) is 60.7 Å². The molecule has 0 aliphatic carbocycles. The second-order valence-electron chi connectivity index (χ2n) is 9.45. The van der Waals surface area contributed by atoms with Gasteiger partial charge in [0.2, 0.25) is 0 Å². The summed E-state index contributed by atoms with van der Waals surface area (Å²) in [6.45, 7) is 23.3. The second-order valence-corrected chi connectivity index (χ2v) is 9.45. The van der Waals surface area contributed by atoms with Crippen LogP contribution < -0.4 is 5.32 Å². The van der Waals surface area contributed by atoms with E-state index in [0.29, 0.717) is 10.8 Å². The zero-order valence-corrected chi connectivity index (χ0v) is 17.9. The highest BCUT2D eigenvalue weighted by Crippen LogP contribution is 2.44. The summed E-state index contributed by atoms with van der Waals surface area (Å²) in [5, 5.41) is 3.45. The van der Waals surface area contributed by atoms with E-state index in [1.165, 1.54) is 38.8 Å². The van der Waals surface area contributed by atoms with Crippen molar-refractivity contribution in [3.63, 3.8) is 0 Å². The van der Waals surface area contributed by atoms with E-state index in [-0.39, 0.29) is 0 Å². The lowest BCUT2D eigenvalue weighted by atomic mass is 9.63. The Labute approximate surface area is 152 Å². The Morgan fingerprint density at radius 2 is 0.917 bits per heavy atom. The first kappa shape index (κ1) is 22.0. The summed E-state index contributed by atoms with van der Waals surface area (Å²) in [5.74, 6) is 3.25. The van der Waals surface area contributed by atoms with E-state index in [9.17, 15) is 0 Å². The summed E-state index contributed by atoms with van der Waals surface area (Å²) in [7, 11) is 0. The van der Waals surface area contributed by atoms with Gasteiger partial charge in [-0.1, -0.05) is 55.4 Å². The van der Waals surface area contributed by atoms with Crippen molar-refractivity contribution >= 4 is 0 Å². The molecule has 2 saturated heterocycles. The summed E-state index contributed by atoms with van der Waals surface area (Å²) in [6, 6.07) is 0. The zero-order chi connectivity index (χ0) is 18.4. The Kier molecular flexibility index (Phi) is 8.76. The number of nitrogens with one attached hydrogen (secondary N) is 1. The maximum absolute atomic E-state index is 5.43. The van der Waals surface area contributed by atoms with Crippen LogP contribution in [0.15, 0.2) is 0 Å². The van der Waals surface area contributed by atoms with Gasteiger partial charge in [0.05, 0.1) is 0 Å². The van der Waals surface area contributed by atoms with Gasteiger partial charge in [-0.05, 0) is 73.3 Å². The van der Waals surface area contributed by atoms with Crippen LogP contribution in [0.4, 0.5) is 0 Å². The third-order valence-electron chi connectivity index (χ3n) is 7.56. The van der Waals surface area contributed by atoms with Crippen molar-refractivity contribution in [1.29, 1.82) is 0 Å². The standard InChI is InChI=1S/C11H23N.C11H22O/c2*1-9(2)11(10(3)4)5-7-12-8-6-11/h9-10,12H,5-8H2,1-4H3;9-10H,5-8H2,1-4H3. The van der Waals surface area contributed by atoms with Crippen LogP contribution in [0.25, 0.3) is 0 Å². The summed E-state index contributed by atoms with van der Waals surface area (Å²) < 4.78 is 5.43. The number of rotatable bonds is 4. The smallest absolute Gasteiger partial charge is 0.0471 e. The van der Waals surface area contributed by atoms with Gasteiger partial charge in [-0.15, -0.1) is 0 Å². The highest BCUT2D eigenvalue weighted by Gasteiger charge is 2.38. The van der Waals surface area contributed by atoms with Gasteiger partial charge in [-0.3, -0.25) is 0 Å². The molecule has 2 heteroatoms. The lowest BCUT2D eigenvalue weighted by Gasteiger charge is -2.44. The van der Waals surface area contributed by atoms with Crippen molar-refractivity contribution in [2.45, 2.75) is 81.1 Å². The van der Waals surface area contributed by atoms with Crippen molar-refractivity contribution in [3.8, 4) is 0 Å². The van der Waals surface area contributed by atoms with E-state index in [4.69, 9.17) is 4.74 Å². The van der Waals surface area contributed by atoms with Gasteiger partial charge >= 0.3 is 0 Å². The van der Waals surface area contributed by atoms with Gasteiger partial charge in [-0.2, -0.15) is 0 Å². The third-order valence-corrected chi connectivity index (χ3v) is 7.56. The molecule has 2 aliphatic rings. The molecule has 0 radical (unpaired) electrons. The van der Waals surface area contributed by atoms with Gasteiger partial charge in [0, 0.05) is 13.2 Å². The van der Waals surface area contributed by atoms with Crippen molar-refractivity contribution in [3.05, 3.63) is 0 Å². The minimum absolute atomic E-state index is 0.554. The predicted molar refractivity (Wildman–Crippen MR) is 106 cm³/mol. The first-order valence-electron chi connectivity index (χ1n) is 10.5. The molecule has 0 amide bonds.